The summed E-state index contributed by atoms with van der Waals surface area (Å²) in [4.78, 5) is 11.5. The van der Waals surface area contributed by atoms with Gasteiger partial charge in [0.1, 0.15) is 5.54 Å². The quantitative estimate of drug-likeness (QED) is 0.900. The molecular formula is C13H16BrNO2. The standard InChI is InChI=1S/C13H16BrNO2/c1-2-15-13(12(16)17)6-5-9-7-11(14)4-3-10(9)8-13/h3-4,7,15H,2,5-6,8H2,1H3,(H,16,17). The molecule has 0 amide bonds. The topological polar surface area (TPSA) is 49.3 Å². The lowest BCUT2D eigenvalue weighted by Gasteiger charge is -2.35. The van der Waals surface area contributed by atoms with Crippen LogP contribution >= 0.6 is 15.9 Å². The molecule has 2 N–H and O–H groups in total. The molecule has 0 fully saturated rings. The van der Waals surface area contributed by atoms with Gasteiger partial charge in [-0.25, -0.2) is 0 Å². The van der Waals surface area contributed by atoms with Crippen molar-refractivity contribution in [2.24, 2.45) is 0 Å². The van der Waals surface area contributed by atoms with Gasteiger partial charge in [0.15, 0.2) is 0 Å². The first-order valence-corrected chi connectivity index (χ1v) is 6.62. The summed E-state index contributed by atoms with van der Waals surface area (Å²) in [5.74, 6) is -0.743. The predicted molar refractivity (Wildman–Crippen MR) is 70.2 cm³/mol. The van der Waals surface area contributed by atoms with Crippen LogP contribution < -0.4 is 5.32 Å². The minimum absolute atomic E-state index is 0.568. The Morgan fingerprint density at radius 1 is 1.53 bits per heavy atom. The lowest BCUT2D eigenvalue weighted by Crippen LogP contribution is -2.55. The monoisotopic (exact) mass is 297 g/mol. The second kappa shape index (κ2) is 4.78. The van der Waals surface area contributed by atoms with E-state index >= 15 is 0 Å². The molecule has 0 aliphatic heterocycles. The highest BCUT2D eigenvalue weighted by Gasteiger charge is 2.40. The molecule has 17 heavy (non-hydrogen) atoms. The van der Waals surface area contributed by atoms with Crippen molar-refractivity contribution in [1.29, 1.82) is 0 Å². The molecule has 0 heterocycles. The minimum atomic E-state index is -0.782. The number of hydrogen-bond donors (Lipinski definition) is 2. The van der Waals surface area contributed by atoms with Gasteiger partial charge in [0.05, 0.1) is 0 Å². The molecule has 1 aliphatic carbocycles. The van der Waals surface area contributed by atoms with Crippen LogP contribution in [-0.4, -0.2) is 23.2 Å². The van der Waals surface area contributed by atoms with Crippen molar-refractivity contribution in [1.82, 2.24) is 5.32 Å². The van der Waals surface area contributed by atoms with Crippen molar-refractivity contribution < 1.29 is 9.90 Å². The highest BCUT2D eigenvalue weighted by molar-refractivity contribution is 9.10. The number of carboxylic acid groups (broad SMARTS) is 1. The third kappa shape index (κ3) is 2.38. The predicted octanol–water partition coefficient (Wildman–Crippen LogP) is 2.37. The fourth-order valence-electron chi connectivity index (χ4n) is 2.51. The Kier molecular flexibility index (Phi) is 3.54. The molecule has 1 unspecified atom stereocenters. The van der Waals surface area contributed by atoms with E-state index in [-0.39, 0.29) is 0 Å². The van der Waals surface area contributed by atoms with Gasteiger partial charge in [0.25, 0.3) is 0 Å². The first-order chi connectivity index (χ1) is 8.07. The van der Waals surface area contributed by atoms with E-state index in [9.17, 15) is 9.90 Å². The Labute approximate surface area is 109 Å². The number of aryl methyl sites for hydroxylation is 1. The maximum atomic E-state index is 11.5. The number of nitrogens with one attached hydrogen (secondary N) is 1. The average Bonchev–Trinajstić information content (AvgIpc) is 2.29. The third-order valence-corrected chi connectivity index (χ3v) is 3.90. The van der Waals surface area contributed by atoms with Crippen molar-refractivity contribution in [3.8, 4) is 0 Å². The van der Waals surface area contributed by atoms with Crippen molar-refractivity contribution in [2.75, 3.05) is 6.54 Å². The number of carbonyl (C=O) groups is 1. The minimum Gasteiger partial charge on any atom is -0.480 e. The maximum Gasteiger partial charge on any atom is 0.324 e. The zero-order valence-electron chi connectivity index (χ0n) is 9.79. The molecule has 4 heteroatoms. The number of halogens is 1. The van der Waals surface area contributed by atoms with Crippen LogP contribution in [0.3, 0.4) is 0 Å². The van der Waals surface area contributed by atoms with Gasteiger partial charge in [-0.3, -0.25) is 4.79 Å². The van der Waals surface area contributed by atoms with Crippen LogP contribution in [0.25, 0.3) is 0 Å². The van der Waals surface area contributed by atoms with Gasteiger partial charge < -0.3 is 10.4 Å². The molecule has 0 saturated heterocycles. The number of rotatable bonds is 3. The zero-order chi connectivity index (χ0) is 12.5. The van der Waals surface area contributed by atoms with Crippen LogP contribution in [0.1, 0.15) is 24.5 Å². The molecule has 92 valence electrons. The van der Waals surface area contributed by atoms with E-state index in [2.05, 4.69) is 27.3 Å². The van der Waals surface area contributed by atoms with E-state index in [1.165, 1.54) is 5.56 Å². The Morgan fingerprint density at radius 2 is 2.29 bits per heavy atom. The number of fused-ring (bicyclic) bond motifs is 1. The molecule has 0 aromatic heterocycles. The number of benzene rings is 1. The van der Waals surface area contributed by atoms with Crippen LogP contribution in [0.4, 0.5) is 0 Å². The first-order valence-electron chi connectivity index (χ1n) is 5.83. The number of aliphatic carboxylic acids is 1. The molecule has 0 radical (unpaired) electrons. The highest BCUT2D eigenvalue weighted by atomic mass is 79.9. The Morgan fingerprint density at radius 3 is 2.94 bits per heavy atom. The van der Waals surface area contributed by atoms with Gasteiger partial charge >= 0.3 is 5.97 Å². The second-order valence-corrected chi connectivity index (χ2v) is 5.42. The number of hydrogen-bond acceptors (Lipinski definition) is 2. The summed E-state index contributed by atoms with van der Waals surface area (Å²) < 4.78 is 1.06. The van der Waals surface area contributed by atoms with Gasteiger partial charge in [-0.05, 0) is 42.6 Å². The van der Waals surface area contributed by atoms with Crippen molar-refractivity contribution in [3.63, 3.8) is 0 Å². The van der Waals surface area contributed by atoms with Crippen LogP contribution in [0.15, 0.2) is 22.7 Å². The zero-order valence-corrected chi connectivity index (χ0v) is 11.4. The molecule has 1 aromatic carbocycles. The van der Waals surface area contributed by atoms with Gasteiger partial charge in [0.2, 0.25) is 0 Å². The second-order valence-electron chi connectivity index (χ2n) is 4.51. The summed E-state index contributed by atoms with van der Waals surface area (Å²) in [5, 5.41) is 12.6. The maximum absolute atomic E-state index is 11.5. The van der Waals surface area contributed by atoms with Crippen LogP contribution in [0.2, 0.25) is 0 Å². The summed E-state index contributed by atoms with van der Waals surface area (Å²) in [6.07, 6.45) is 2.03. The van der Waals surface area contributed by atoms with Crippen LogP contribution in [-0.2, 0) is 17.6 Å². The molecule has 2 rings (SSSR count). The van der Waals surface area contributed by atoms with E-state index in [0.29, 0.717) is 19.4 Å². The summed E-state index contributed by atoms with van der Waals surface area (Å²) in [6, 6.07) is 6.09. The first kappa shape index (κ1) is 12.6. The normalized spacial score (nSPS) is 23.2. The molecule has 0 saturated carbocycles. The number of carboxylic acids is 1. The number of likely N-dealkylation sites (N-methyl/N-ethyl adjacent to an activating group) is 1. The van der Waals surface area contributed by atoms with E-state index < -0.39 is 11.5 Å². The Bertz CT molecular complexity index is 447. The van der Waals surface area contributed by atoms with Crippen LogP contribution in [0.5, 0.6) is 0 Å². The van der Waals surface area contributed by atoms with E-state index in [1.54, 1.807) is 0 Å². The van der Waals surface area contributed by atoms with Gasteiger partial charge in [0, 0.05) is 10.9 Å². The van der Waals surface area contributed by atoms with Gasteiger partial charge in [-0.2, -0.15) is 0 Å². The highest BCUT2D eigenvalue weighted by Crippen LogP contribution is 2.30. The van der Waals surface area contributed by atoms with Gasteiger partial charge in [-0.15, -0.1) is 0 Å². The van der Waals surface area contributed by atoms with Crippen molar-refractivity contribution in [3.05, 3.63) is 33.8 Å². The average molecular weight is 298 g/mol. The molecule has 1 atom stereocenters. The molecule has 1 aromatic rings. The Hall–Kier alpha value is -0.870. The molecule has 1 aliphatic rings. The molecule has 0 spiro atoms. The largest absolute Gasteiger partial charge is 0.480 e. The van der Waals surface area contributed by atoms with E-state index in [0.717, 1.165) is 16.5 Å². The third-order valence-electron chi connectivity index (χ3n) is 3.41. The van der Waals surface area contributed by atoms with Crippen LogP contribution in [0, 0.1) is 0 Å². The SMILES string of the molecule is CCNC1(C(=O)O)CCc2cc(Br)ccc2C1. The summed E-state index contributed by atoms with van der Waals surface area (Å²) in [6.45, 7) is 2.62. The summed E-state index contributed by atoms with van der Waals surface area (Å²) in [5.41, 5.74) is 1.62. The molecule has 3 nitrogen and oxygen atoms in total. The summed E-state index contributed by atoms with van der Waals surface area (Å²) in [7, 11) is 0. The Balaban J connectivity index is 2.33. The lowest BCUT2D eigenvalue weighted by atomic mass is 9.78. The summed E-state index contributed by atoms with van der Waals surface area (Å²) >= 11 is 3.45. The van der Waals surface area contributed by atoms with Crippen molar-refractivity contribution in [2.45, 2.75) is 31.7 Å². The van der Waals surface area contributed by atoms with E-state index in [1.807, 2.05) is 19.1 Å². The molecular weight excluding hydrogens is 282 g/mol. The fraction of sp³-hybridized carbons (Fsp3) is 0.462. The van der Waals surface area contributed by atoms with Gasteiger partial charge in [-0.1, -0.05) is 28.9 Å². The van der Waals surface area contributed by atoms with Crippen molar-refractivity contribution >= 4 is 21.9 Å². The smallest absolute Gasteiger partial charge is 0.324 e. The lowest BCUT2D eigenvalue weighted by molar-refractivity contribution is -0.145. The fourth-order valence-corrected chi connectivity index (χ4v) is 2.92. The van der Waals surface area contributed by atoms with E-state index in [4.69, 9.17) is 0 Å². The molecule has 0 bridgehead atoms.